The molecule has 1 heterocycles. The van der Waals surface area contributed by atoms with Crippen LogP contribution in [0.3, 0.4) is 0 Å². The molecule has 1 saturated heterocycles. The maximum absolute atomic E-state index is 11.9. The molecule has 0 atom stereocenters. The zero-order valence-electron chi connectivity index (χ0n) is 11.0. The van der Waals surface area contributed by atoms with Gasteiger partial charge in [0.1, 0.15) is 10.0 Å². The van der Waals surface area contributed by atoms with Gasteiger partial charge in [0.15, 0.2) is 0 Å². The van der Waals surface area contributed by atoms with Crippen LogP contribution in [-0.2, 0) is 9.47 Å². The summed E-state index contributed by atoms with van der Waals surface area (Å²) < 4.78 is 10.0. The molecule has 108 valence electrons. The van der Waals surface area contributed by atoms with Gasteiger partial charge in [-0.25, -0.2) is 4.79 Å². The Balaban J connectivity index is 2.44. The molecule has 1 aromatic carbocycles. The molecule has 0 unspecified atom stereocenters. The summed E-state index contributed by atoms with van der Waals surface area (Å²) in [6, 6.07) is 2.92. The number of halogens is 1. The lowest BCUT2D eigenvalue weighted by Crippen LogP contribution is -2.52. The third-order valence-electron chi connectivity index (χ3n) is 3.21. The fourth-order valence-corrected chi connectivity index (χ4v) is 2.68. The number of nitro groups is 1. The van der Waals surface area contributed by atoms with Crippen LogP contribution in [0.2, 0.25) is 0 Å². The lowest BCUT2D eigenvalue weighted by Gasteiger charge is -2.40. The highest BCUT2D eigenvalue weighted by atomic mass is 79.9. The van der Waals surface area contributed by atoms with E-state index in [-0.39, 0.29) is 21.8 Å². The van der Waals surface area contributed by atoms with Gasteiger partial charge in [0.2, 0.25) is 0 Å². The first kappa shape index (κ1) is 14.7. The molecule has 0 N–H and O–H groups in total. The number of esters is 1. The van der Waals surface area contributed by atoms with Crippen LogP contribution < -0.4 is 4.90 Å². The molecule has 0 aromatic heterocycles. The van der Waals surface area contributed by atoms with Crippen molar-refractivity contribution in [2.75, 3.05) is 32.2 Å². The zero-order chi connectivity index (χ0) is 14.9. The second-order valence-corrected chi connectivity index (χ2v) is 5.10. The van der Waals surface area contributed by atoms with Crippen LogP contribution in [0.1, 0.15) is 10.4 Å². The monoisotopic (exact) mass is 344 g/mol. The molecule has 2 rings (SSSR count). The number of carbonyl (C=O) groups excluding carboxylic acids is 1. The highest BCUT2D eigenvalue weighted by Gasteiger charge is 2.33. The predicted octanol–water partition coefficient (Wildman–Crippen LogP) is 1.98. The van der Waals surface area contributed by atoms with Crippen molar-refractivity contribution in [3.8, 4) is 0 Å². The van der Waals surface area contributed by atoms with Crippen molar-refractivity contribution in [2.45, 2.75) is 6.10 Å². The predicted molar refractivity (Wildman–Crippen MR) is 75.1 cm³/mol. The molecule has 1 aliphatic rings. The summed E-state index contributed by atoms with van der Waals surface area (Å²) in [6.45, 7) is 1.26. The molecule has 0 amide bonds. The van der Waals surface area contributed by atoms with Gasteiger partial charge in [-0.1, -0.05) is 0 Å². The van der Waals surface area contributed by atoms with Crippen LogP contribution in [-0.4, -0.2) is 44.3 Å². The Morgan fingerprint density at radius 1 is 1.45 bits per heavy atom. The van der Waals surface area contributed by atoms with Crippen molar-refractivity contribution in [2.24, 2.45) is 0 Å². The number of rotatable bonds is 4. The second-order valence-electron chi connectivity index (χ2n) is 4.30. The van der Waals surface area contributed by atoms with Gasteiger partial charge in [-0.3, -0.25) is 10.1 Å². The average Bonchev–Trinajstić information content (AvgIpc) is 2.36. The van der Waals surface area contributed by atoms with Gasteiger partial charge in [0.25, 0.3) is 5.69 Å². The maximum Gasteiger partial charge on any atom is 0.341 e. The van der Waals surface area contributed by atoms with E-state index in [1.165, 1.54) is 13.2 Å². The van der Waals surface area contributed by atoms with Crippen molar-refractivity contribution in [1.29, 1.82) is 0 Å². The maximum atomic E-state index is 11.9. The first-order valence-electron chi connectivity index (χ1n) is 5.82. The summed E-state index contributed by atoms with van der Waals surface area (Å²) in [4.78, 5) is 24.2. The van der Waals surface area contributed by atoms with E-state index in [1.807, 2.05) is 4.90 Å². The standard InChI is InChI=1S/C12H13BrN2O5/c1-19-7-5-14(6-7)8-3-4-9(15(17)18)11(13)10(8)12(16)20-2/h3-4,7H,5-6H2,1-2H3. The van der Waals surface area contributed by atoms with Gasteiger partial charge in [0.05, 0.1) is 23.8 Å². The van der Waals surface area contributed by atoms with Crippen molar-refractivity contribution in [1.82, 2.24) is 0 Å². The van der Waals surface area contributed by atoms with E-state index in [4.69, 9.17) is 9.47 Å². The Bertz CT molecular complexity index is 557. The van der Waals surface area contributed by atoms with Crippen LogP contribution in [0.15, 0.2) is 16.6 Å². The van der Waals surface area contributed by atoms with Crippen LogP contribution in [0.4, 0.5) is 11.4 Å². The van der Waals surface area contributed by atoms with Gasteiger partial charge < -0.3 is 14.4 Å². The Kier molecular flexibility index (Phi) is 4.24. The van der Waals surface area contributed by atoms with Crippen molar-refractivity contribution in [3.63, 3.8) is 0 Å². The van der Waals surface area contributed by atoms with E-state index in [2.05, 4.69) is 15.9 Å². The number of anilines is 1. The number of benzene rings is 1. The lowest BCUT2D eigenvalue weighted by molar-refractivity contribution is -0.385. The molecule has 1 aromatic rings. The molecule has 1 fully saturated rings. The SMILES string of the molecule is COC(=O)c1c(N2CC(OC)C2)ccc([N+](=O)[O-])c1Br. The molecule has 7 nitrogen and oxygen atoms in total. The largest absolute Gasteiger partial charge is 0.465 e. The Hall–Kier alpha value is -1.67. The molecule has 0 spiro atoms. The van der Waals surface area contributed by atoms with Crippen LogP contribution in [0, 0.1) is 10.1 Å². The fraction of sp³-hybridized carbons (Fsp3) is 0.417. The number of nitro benzene ring substituents is 1. The average molecular weight is 345 g/mol. The second kappa shape index (κ2) is 5.76. The summed E-state index contributed by atoms with van der Waals surface area (Å²) in [7, 11) is 2.86. The van der Waals surface area contributed by atoms with Crippen LogP contribution in [0.5, 0.6) is 0 Å². The first-order chi connectivity index (χ1) is 9.49. The summed E-state index contributed by atoms with van der Waals surface area (Å²) in [5, 5.41) is 10.9. The number of hydrogen-bond acceptors (Lipinski definition) is 6. The van der Waals surface area contributed by atoms with E-state index in [9.17, 15) is 14.9 Å². The van der Waals surface area contributed by atoms with Crippen molar-refractivity contribution < 1.29 is 19.2 Å². The van der Waals surface area contributed by atoms with E-state index in [0.717, 1.165) is 0 Å². The first-order valence-corrected chi connectivity index (χ1v) is 6.61. The molecule has 0 bridgehead atoms. The Morgan fingerprint density at radius 2 is 2.10 bits per heavy atom. The molecular weight excluding hydrogens is 332 g/mol. The number of hydrogen-bond donors (Lipinski definition) is 0. The molecular formula is C12H13BrN2O5. The normalized spacial score (nSPS) is 14.8. The van der Waals surface area contributed by atoms with E-state index in [0.29, 0.717) is 18.8 Å². The molecule has 0 radical (unpaired) electrons. The van der Waals surface area contributed by atoms with Gasteiger partial charge in [-0.15, -0.1) is 0 Å². The molecule has 0 aliphatic carbocycles. The van der Waals surface area contributed by atoms with E-state index < -0.39 is 10.9 Å². The minimum absolute atomic E-state index is 0.106. The molecule has 8 heteroatoms. The number of methoxy groups -OCH3 is 2. The minimum Gasteiger partial charge on any atom is -0.465 e. The summed E-state index contributed by atoms with van der Waals surface area (Å²) >= 11 is 3.13. The highest BCUT2D eigenvalue weighted by molar-refractivity contribution is 9.10. The Morgan fingerprint density at radius 3 is 2.60 bits per heavy atom. The zero-order valence-corrected chi connectivity index (χ0v) is 12.5. The van der Waals surface area contributed by atoms with Crippen molar-refractivity contribution >= 4 is 33.3 Å². The minimum atomic E-state index is -0.614. The summed E-state index contributed by atoms with van der Waals surface area (Å²) in [5.41, 5.74) is 0.594. The topological polar surface area (TPSA) is 81.9 Å². The third-order valence-corrected chi connectivity index (χ3v) is 4.01. The van der Waals surface area contributed by atoms with Gasteiger partial charge in [0, 0.05) is 26.3 Å². The number of ether oxygens (including phenoxy) is 2. The highest BCUT2D eigenvalue weighted by Crippen LogP contribution is 2.37. The van der Waals surface area contributed by atoms with Crippen LogP contribution >= 0.6 is 15.9 Å². The third kappa shape index (κ3) is 2.48. The van der Waals surface area contributed by atoms with Gasteiger partial charge in [-0.2, -0.15) is 0 Å². The van der Waals surface area contributed by atoms with E-state index >= 15 is 0 Å². The van der Waals surface area contributed by atoms with Crippen molar-refractivity contribution in [3.05, 3.63) is 32.3 Å². The number of carbonyl (C=O) groups is 1. The van der Waals surface area contributed by atoms with Crippen LogP contribution in [0.25, 0.3) is 0 Å². The number of nitrogens with zero attached hydrogens (tertiary/aromatic N) is 2. The van der Waals surface area contributed by atoms with Gasteiger partial charge >= 0.3 is 5.97 Å². The van der Waals surface area contributed by atoms with E-state index in [1.54, 1.807) is 13.2 Å². The smallest absolute Gasteiger partial charge is 0.341 e. The summed E-state index contributed by atoms with van der Waals surface area (Å²) in [5.74, 6) is -0.614. The molecule has 1 aliphatic heterocycles. The quantitative estimate of drug-likeness (QED) is 0.472. The summed E-state index contributed by atoms with van der Waals surface area (Å²) in [6.07, 6.45) is 0.106. The Labute approximate surface area is 123 Å². The van der Waals surface area contributed by atoms with Gasteiger partial charge in [-0.05, 0) is 22.0 Å². The lowest BCUT2D eigenvalue weighted by atomic mass is 10.1. The molecule has 0 saturated carbocycles. The molecule has 20 heavy (non-hydrogen) atoms. The fourth-order valence-electron chi connectivity index (χ4n) is 2.04.